The van der Waals surface area contributed by atoms with E-state index in [1.54, 1.807) is 6.07 Å². The highest BCUT2D eigenvalue weighted by Gasteiger charge is 2.18. The molecule has 3 heteroatoms. The van der Waals surface area contributed by atoms with Gasteiger partial charge in [-0.25, -0.2) is 0 Å². The van der Waals surface area contributed by atoms with Crippen LogP contribution in [0.15, 0.2) is 18.2 Å². The molecule has 70 valence electrons. The van der Waals surface area contributed by atoms with Crippen molar-refractivity contribution in [3.63, 3.8) is 0 Å². The predicted octanol–water partition coefficient (Wildman–Crippen LogP) is 2.47. The van der Waals surface area contributed by atoms with E-state index in [0.29, 0.717) is 16.8 Å². The second-order valence-electron chi connectivity index (χ2n) is 3.35. The Morgan fingerprint density at radius 1 is 1.46 bits per heavy atom. The molecule has 0 saturated carbocycles. The summed E-state index contributed by atoms with van der Waals surface area (Å²) in [5.74, 6) is 0.298. The van der Waals surface area contributed by atoms with E-state index in [1.165, 1.54) is 6.42 Å². The van der Waals surface area contributed by atoms with E-state index in [2.05, 4.69) is 5.32 Å². The van der Waals surface area contributed by atoms with Gasteiger partial charge in [-0.15, -0.1) is 0 Å². The van der Waals surface area contributed by atoms with Gasteiger partial charge >= 0.3 is 0 Å². The van der Waals surface area contributed by atoms with Gasteiger partial charge in [0.25, 0.3) is 0 Å². The lowest BCUT2D eigenvalue weighted by Gasteiger charge is -2.12. The monoisotopic (exact) mass is 197 g/mol. The van der Waals surface area contributed by atoms with Crippen LogP contribution in [0.5, 0.6) is 5.75 Å². The smallest absolute Gasteiger partial charge is 0.121 e. The van der Waals surface area contributed by atoms with Gasteiger partial charge in [-0.05, 0) is 31.5 Å². The summed E-state index contributed by atoms with van der Waals surface area (Å²) in [5.41, 5.74) is 0.960. The zero-order valence-electron chi connectivity index (χ0n) is 7.26. The lowest BCUT2D eigenvalue weighted by molar-refractivity contribution is 0.457. The van der Waals surface area contributed by atoms with E-state index in [-0.39, 0.29) is 0 Å². The number of halogens is 1. The molecule has 2 rings (SSSR count). The minimum absolute atomic E-state index is 0.298. The summed E-state index contributed by atoms with van der Waals surface area (Å²) in [5, 5.41) is 13.5. The van der Waals surface area contributed by atoms with Crippen LogP contribution in [-0.4, -0.2) is 11.7 Å². The quantitative estimate of drug-likeness (QED) is 0.725. The fourth-order valence-electron chi connectivity index (χ4n) is 1.76. The van der Waals surface area contributed by atoms with Crippen LogP contribution < -0.4 is 5.32 Å². The Labute approximate surface area is 82.5 Å². The summed E-state index contributed by atoms with van der Waals surface area (Å²) in [4.78, 5) is 0. The van der Waals surface area contributed by atoms with E-state index in [0.717, 1.165) is 18.5 Å². The molecule has 1 saturated heterocycles. The Bertz CT molecular complexity index is 308. The fraction of sp³-hybridized carbons (Fsp3) is 0.400. The molecular weight excluding hydrogens is 186 g/mol. The average molecular weight is 198 g/mol. The van der Waals surface area contributed by atoms with E-state index in [1.807, 2.05) is 12.1 Å². The van der Waals surface area contributed by atoms with E-state index < -0.39 is 0 Å². The van der Waals surface area contributed by atoms with E-state index in [9.17, 15) is 5.11 Å². The molecule has 1 fully saturated rings. The van der Waals surface area contributed by atoms with Gasteiger partial charge in [0.05, 0.1) is 0 Å². The summed E-state index contributed by atoms with van der Waals surface area (Å²) >= 11 is 5.74. The molecule has 1 aromatic rings. The van der Waals surface area contributed by atoms with Crippen LogP contribution in [0, 0.1) is 0 Å². The molecule has 2 N–H and O–H groups in total. The first kappa shape index (κ1) is 8.85. The van der Waals surface area contributed by atoms with Crippen molar-refractivity contribution in [3.8, 4) is 5.75 Å². The summed E-state index contributed by atoms with van der Waals surface area (Å²) in [6.45, 7) is 1.03. The predicted molar refractivity (Wildman–Crippen MR) is 53.1 cm³/mol. The number of aromatic hydroxyl groups is 1. The minimum atomic E-state index is 0.298. The van der Waals surface area contributed by atoms with Crippen molar-refractivity contribution < 1.29 is 5.11 Å². The lowest BCUT2D eigenvalue weighted by atomic mass is 10.0. The molecule has 0 radical (unpaired) electrons. The molecule has 1 aliphatic rings. The fourth-order valence-corrected chi connectivity index (χ4v) is 1.93. The Kier molecular flexibility index (Phi) is 2.42. The molecule has 0 aromatic heterocycles. The number of phenolic OH excluding ortho intramolecular Hbond substituents is 1. The number of nitrogens with one attached hydrogen (secondary N) is 1. The maximum absolute atomic E-state index is 9.63. The Hall–Kier alpha value is -0.730. The first-order chi connectivity index (χ1) is 6.27. The SMILES string of the molecule is Oc1cc(Cl)ccc1[C@@H]1CCCN1. The molecule has 1 aromatic carbocycles. The maximum atomic E-state index is 9.63. The second kappa shape index (κ2) is 3.56. The molecule has 1 atom stereocenters. The molecule has 0 aliphatic carbocycles. The standard InChI is InChI=1S/C10H12ClNO/c11-7-3-4-8(10(13)6-7)9-2-1-5-12-9/h3-4,6,9,12-13H,1-2,5H2/t9-/m0/s1. The Balaban J connectivity index is 2.29. The number of phenols is 1. The van der Waals surface area contributed by atoms with E-state index in [4.69, 9.17) is 11.6 Å². The van der Waals surface area contributed by atoms with Gasteiger partial charge < -0.3 is 10.4 Å². The first-order valence-corrected chi connectivity index (χ1v) is 4.87. The van der Waals surface area contributed by atoms with Crippen molar-refractivity contribution in [2.75, 3.05) is 6.54 Å². The second-order valence-corrected chi connectivity index (χ2v) is 3.79. The van der Waals surface area contributed by atoms with Gasteiger partial charge in [0.2, 0.25) is 0 Å². The number of hydrogen-bond donors (Lipinski definition) is 2. The molecular formula is C10H12ClNO. The van der Waals surface area contributed by atoms with Crippen LogP contribution in [0.4, 0.5) is 0 Å². The molecule has 1 heterocycles. The molecule has 13 heavy (non-hydrogen) atoms. The highest BCUT2D eigenvalue weighted by Crippen LogP contribution is 2.31. The molecule has 1 aliphatic heterocycles. The summed E-state index contributed by atoms with van der Waals surface area (Å²) in [6, 6.07) is 5.60. The van der Waals surface area contributed by atoms with Gasteiger partial charge in [0.1, 0.15) is 5.75 Å². The molecule has 0 amide bonds. The highest BCUT2D eigenvalue weighted by atomic mass is 35.5. The van der Waals surface area contributed by atoms with Gasteiger partial charge in [0, 0.05) is 16.6 Å². The van der Waals surface area contributed by atoms with Gasteiger partial charge in [0.15, 0.2) is 0 Å². The third kappa shape index (κ3) is 1.79. The largest absolute Gasteiger partial charge is 0.508 e. The summed E-state index contributed by atoms with van der Waals surface area (Å²) < 4.78 is 0. The number of hydrogen-bond acceptors (Lipinski definition) is 2. The van der Waals surface area contributed by atoms with Crippen LogP contribution in [0.1, 0.15) is 24.4 Å². The van der Waals surface area contributed by atoms with Crippen LogP contribution in [0.2, 0.25) is 5.02 Å². The average Bonchev–Trinajstić information content (AvgIpc) is 2.56. The van der Waals surface area contributed by atoms with Crippen molar-refractivity contribution in [1.82, 2.24) is 5.32 Å². The van der Waals surface area contributed by atoms with Crippen LogP contribution in [0.3, 0.4) is 0 Å². The van der Waals surface area contributed by atoms with Crippen LogP contribution >= 0.6 is 11.6 Å². The molecule has 0 unspecified atom stereocenters. The summed E-state index contributed by atoms with van der Waals surface area (Å²) in [6.07, 6.45) is 2.27. The molecule has 0 spiro atoms. The Morgan fingerprint density at radius 2 is 2.31 bits per heavy atom. The van der Waals surface area contributed by atoms with Gasteiger partial charge in [-0.2, -0.15) is 0 Å². The van der Waals surface area contributed by atoms with Crippen molar-refractivity contribution in [3.05, 3.63) is 28.8 Å². The topological polar surface area (TPSA) is 32.3 Å². The molecule has 0 bridgehead atoms. The van der Waals surface area contributed by atoms with Crippen molar-refractivity contribution in [1.29, 1.82) is 0 Å². The normalized spacial score (nSPS) is 22.1. The third-order valence-corrected chi connectivity index (χ3v) is 2.66. The summed E-state index contributed by atoms with van der Waals surface area (Å²) in [7, 11) is 0. The molecule has 2 nitrogen and oxygen atoms in total. The van der Waals surface area contributed by atoms with Crippen molar-refractivity contribution in [2.24, 2.45) is 0 Å². The third-order valence-electron chi connectivity index (χ3n) is 2.43. The van der Waals surface area contributed by atoms with Gasteiger partial charge in [-0.1, -0.05) is 17.7 Å². The minimum Gasteiger partial charge on any atom is -0.508 e. The highest BCUT2D eigenvalue weighted by molar-refractivity contribution is 6.30. The number of rotatable bonds is 1. The van der Waals surface area contributed by atoms with Crippen LogP contribution in [0.25, 0.3) is 0 Å². The van der Waals surface area contributed by atoms with Crippen molar-refractivity contribution >= 4 is 11.6 Å². The zero-order chi connectivity index (χ0) is 9.26. The van der Waals surface area contributed by atoms with E-state index >= 15 is 0 Å². The van der Waals surface area contributed by atoms with Crippen molar-refractivity contribution in [2.45, 2.75) is 18.9 Å². The maximum Gasteiger partial charge on any atom is 0.121 e. The van der Waals surface area contributed by atoms with Gasteiger partial charge in [-0.3, -0.25) is 0 Å². The first-order valence-electron chi connectivity index (χ1n) is 4.49. The lowest BCUT2D eigenvalue weighted by Crippen LogP contribution is -2.12. The Morgan fingerprint density at radius 3 is 2.92 bits per heavy atom. The zero-order valence-corrected chi connectivity index (χ0v) is 8.01. The number of benzene rings is 1. The van der Waals surface area contributed by atoms with Crippen LogP contribution in [-0.2, 0) is 0 Å².